The molecule has 0 radical (unpaired) electrons. The van der Waals surface area contributed by atoms with Gasteiger partial charge in [0.15, 0.2) is 11.6 Å². The van der Waals surface area contributed by atoms with Gasteiger partial charge in [-0.1, -0.05) is 36.4 Å². The molecule has 4 nitrogen and oxygen atoms in total. The van der Waals surface area contributed by atoms with Crippen molar-refractivity contribution in [3.63, 3.8) is 0 Å². The summed E-state index contributed by atoms with van der Waals surface area (Å²) in [6.07, 6.45) is 1.54. The summed E-state index contributed by atoms with van der Waals surface area (Å²) in [5.74, 6) is -0.170. The largest absolute Gasteiger partial charge is 0.425 e. The first-order valence-electron chi connectivity index (χ1n) is 8.70. The minimum absolute atomic E-state index is 0.178. The van der Waals surface area contributed by atoms with Gasteiger partial charge in [-0.15, -0.1) is 10.2 Å². The van der Waals surface area contributed by atoms with Crippen LogP contribution in [0.5, 0.6) is 0 Å². The Labute approximate surface area is 150 Å². The Bertz CT molecular complexity index is 882. The van der Waals surface area contributed by atoms with Gasteiger partial charge in [0, 0.05) is 13.1 Å². The van der Waals surface area contributed by atoms with Gasteiger partial charge in [-0.2, -0.15) is 0 Å². The maximum Gasteiger partial charge on any atom is 0.220 e. The van der Waals surface area contributed by atoms with Crippen LogP contribution < -0.4 is 0 Å². The number of benzene rings is 2. The van der Waals surface area contributed by atoms with Crippen LogP contribution in [-0.4, -0.2) is 28.2 Å². The Balaban J connectivity index is 1.37. The Hall–Kier alpha value is -2.60. The van der Waals surface area contributed by atoms with Crippen LogP contribution in [0.25, 0.3) is 0 Å². The number of nitrogens with zero attached hydrogens (tertiary/aromatic N) is 3. The number of aromatic nitrogens is 2. The molecule has 1 aliphatic rings. The summed E-state index contributed by atoms with van der Waals surface area (Å²) < 4.78 is 32.2. The van der Waals surface area contributed by atoms with Crippen molar-refractivity contribution in [3.05, 3.63) is 83.1 Å². The molecule has 0 amide bonds. The van der Waals surface area contributed by atoms with E-state index >= 15 is 0 Å². The third-order valence-electron chi connectivity index (χ3n) is 4.69. The highest BCUT2D eigenvalue weighted by atomic mass is 19.2. The molecule has 26 heavy (non-hydrogen) atoms. The van der Waals surface area contributed by atoms with Gasteiger partial charge in [0.2, 0.25) is 11.8 Å². The second-order valence-corrected chi connectivity index (χ2v) is 6.67. The molecule has 1 unspecified atom stereocenters. The van der Waals surface area contributed by atoms with Gasteiger partial charge in [0.1, 0.15) is 0 Å². The van der Waals surface area contributed by atoms with E-state index in [1.165, 1.54) is 12.1 Å². The zero-order valence-corrected chi connectivity index (χ0v) is 14.2. The van der Waals surface area contributed by atoms with Crippen molar-refractivity contribution in [1.29, 1.82) is 0 Å². The van der Waals surface area contributed by atoms with Crippen LogP contribution >= 0.6 is 0 Å². The van der Waals surface area contributed by atoms with Crippen molar-refractivity contribution in [3.8, 4) is 0 Å². The third-order valence-corrected chi connectivity index (χ3v) is 4.69. The summed E-state index contributed by atoms with van der Waals surface area (Å²) in [6, 6.07) is 14.1. The van der Waals surface area contributed by atoms with Crippen LogP contribution in [0, 0.1) is 11.6 Å². The Morgan fingerprint density at radius 3 is 2.65 bits per heavy atom. The van der Waals surface area contributed by atoms with E-state index in [1.54, 1.807) is 6.07 Å². The molecule has 0 N–H and O–H groups in total. The molecule has 1 saturated heterocycles. The molecule has 0 spiro atoms. The molecule has 1 fully saturated rings. The van der Waals surface area contributed by atoms with Crippen molar-refractivity contribution in [1.82, 2.24) is 15.1 Å². The van der Waals surface area contributed by atoms with Crippen molar-refractivity contribution in [2.75, 3.05) is 13.1 Å². The van der Waals surface area contributed by atoms with Crippen molar-refractivity contribution < 1.29 is 13.2 Å². The van der Waals surface area contributed by atoms with Gasteiger partial charge in [0.05, 0.1) is 12.3 Å². The predicted octanol–water partition coefficient (Wildman–Crippen LogP) is 3.93. The molecular weight excluding hydrogens is 336 g/mol. The van der Waals surface area contributed by atoms with Gasteiger partial charge >= 0.3 is 0 Å². The van der Waals surface area contributed by atoms with E-state index in [1.807, 2.05) is 30.3 Å². The lowest BCUT2D eigenvalue weighted by Crippen LogP contribution is -2.20. The first-order valence-corrected chi connectivity index (χ1v) is 8.70. The number of halogens is 2. The van der Waals surface area contributed by atoms with Crippen molar-refractivity contribution in [2.45, 2.75) is 25.3 Å². The maximum absolute atomic E-state index is 13.3. The molecular formula is C20H19F2N3O. The van der Waals surface area contributed by atoms with Gasteiger partial charge in [-0.25, -0.2) is 8.78 Å². The highest BCUT2D eigenvalue weighted by molar-refractivity contribution is 5.19. The van der Waals surface area contributed by atoms with Gasteiger partial charge in [-0.3, -0.25) is 4.90 Å². The first kappa shape index (κ1) is 16.8. The molecule has 6 heteroatoms. The van der Waals surface area contributed by atoms with Crippen molar-refractivity contribution in [2.24, 2.45) is 0 Å². The van der Waals surface area contributed by atoms with Crippen LogP contribution in [0.3, 0.4) is 0 Å². The van der Waals surface area contributed by atoms with Crippen molar-refractivity contribution >= 4 is 0 Å². The Morgan fingerprint density at radius 2 is 1.85 bits per heavy atom. The van der Waals surface area contributed by atoms with Gasteiger partial charge in [0.25, 0.3) is 0 Å². The zero-order chi connectivity index (χ0) is 17.9. The fourth-order valence-corrected chi connectivity index (χ4v) is 3.35. The average molecular weight is 355 g/mol. The van der Waals surface area contributed by atoms with Gasteiger partial charge in [-0.05, 0) is 36.2 Å². The maximum atomic E-state index is 13.3. The summed E-state index contributed by atoms with van der Waals surface area (Å²) in [5, 5.41) is 8.37. The number of hydrogen-bond donors (Lipinski definition) is 0. The molecule has 2 aromatic carbocycles. The summed E-state index contributed by atoms with van der Waals surface area (Å²) in [6.45, 7) is 2.21. The molecule has 1 atom stereocenters. The molecule has 4 rings (SSSR count). The number of likely N-dealkylation sites (tertiary alicyclic amines) is 1. The van der Waals surface area contributed by atoms with E-state index in [4.69, 9.17) is 4.42 Å². The molecule has 0 bridgehead atoms. The van der Waals surface area contributed by atoms with Crippen LogP contribution in [0.2, 0.25) is 0 Å². The predicted molar refractivity (Wildman–Crippen MR) is 92.5 cm³/mol. The van der Waals surface area contributed by atoms with E-state index in [0.29, 0.717) is 24.7 Å². The molecule has 2 heterocycles. The van der Waals surface area contributed by atoms with Crippen LogP contribution in [0.4, 0.5) is 8.78 Å². The van der Waals surface area contributed by atoms with E-state index in [2.05, 4.69) is 15.1 Å². The SMILES string of the molecule is Fc1ccc(CN2CCC(c3nnc(Cc4ccccc4)o3)C2)cc1F. The standard InChI is InChI=1S/C20H19F2N3O/c21-17-7-6-15(10-18(17)22)12-25-9-8-16(13-25)20-24-23-19(26-20)11-14-4-2-1-3-5-14/h1-7,10,16H,8-9,11-13H2. The lowest BCUT2D eigenvalue weighted by molar-refractivity contribution is 0.317. The number of hydrogen-bond acceptors (Lipinski definition) is 4. The van der Waals surface area contributed by atoms with E-state index in [-0.39, 0.29) is 5.92 Å². The molecule has 1 aliphatic heterocycles. The topological polar surface area (TPSA) is 42.2 Å². The lowest BCUT2D eigenvalue weighted by Gasteiger charge is -2.15. The molecule has 3 aromatic rings. The zero-order valence-electron chi connectivity index (χ0n) is 14.2. The van der Waals surface area contributed by atoms with Gasteiger partial charge < -0.3 is 4.42 Å². The first-order chi connectivity index (χ1) is 12.7. The molecule has 0 saturated carbocycles. The summed E-state index contributed by atoms with van der Waals surface area (Å²) in [4.78, 5) is 2.19. The van der Waals surface area contributed by atoms with Crippen LogP contribution in [0.15, 0.2) is 52.9 Å². The van der Waals surface area contributed by atoms with E-state index in [0.717, 1.165) is 30.6 Å². The minimum Gasteiger partial charge on any atom is -0.425 e. The summed E-state index contributed by atoms with van der Waals surface area (Å²) in [7, 11) is 0. The Kier molecular flexibility index (Phi) is 4.75. The van der Waals surface area contributed by atoms with E-state index in [9.17, 15) is 8.78 Å². The quantitative estimate of drug-likeness (QED) is 0.695. The van der Waals surface area contributed by atoms with E-state index < -0.39 is 11.6 Å². The highest BCUT2D eigenvalue weighted by Gasteiger charge is 2.28. The second kappa shape index (κ2) is 7.33. The number of rotatable bonds is 5. The average Bonchev–Trinajstić information content (AvgIpc) is 3.29. The molecule has 134 valence electrons. The second-order valence-electron chi connectivity index (χ2n) is 6.67. The third kappa shape index (κ3) is 3.80. The fraction of sp³-hybridized carbons (Fsp3) is 0.300. The monoisotopic (exact) mass is 355 g/mol. The Morgan fingerprint density at radius 1 is 1.00 bits per heavy atom. The normalized spacial score (nSPS) is 17.7. The summed E-state index contributed by atoms with van der Waals surface area (Å²) in [5.41, 5.74) is 1.90. The molecule has 1 aromatic heterocycles. The smallest absolute Gasteiger partial charge is 0.220 e. The fourth-order valence-electron chi connectivity index (χ4n) is 3.35. The minimum atomic E-state index is -0.815. The molecule has 0 aliphatic carbocycles. The summed E-state index contributed by atoms with van der Waals surface area (Å²) >= 11 is 0. The van der Waals surface area contributed by atoms with Crippen LogP contribution in [0.1, 0.15) is 35.2 Å². The lowest BCUT2D eigenvalue weighted by atomic mass is 10.1. The highest BCUT2D eigenvalue weighted by Crippen LogP contribution is 2.28. The van der Waals surface area contributed by atoms with Crippen LogP contribution in [-0.2, 0) is 13.0 Å².